The first-order valence-corrected chi connectivity index (χ1v) is 8.93. The number of carboxylic acid groups (broad SMARTS) is 2. The van der Waals surface area contributed by atoms with E-state index in [1.807, 2.05) is 0 Å². The fourth-order valence-electron chi connectivity index (χ4n) is 2.77. The Bertz CT molecular complexity index is 1120. The topological polar surface area (TPSA) is 104 Å². The Morgan fingerprint density at radius 2 is 1.66 bits per heavy atom. The molecule has 0 bridgehead atoms. The van der Waals surface area contributed by atoms with Crippen LogP contribution in [0, 0.1) is 0 Å². The first-order chi connectivity index (χ1) is 13.8. The van der Waals surface area contributed by atoms with E-state index in [0.717, 1.165) is 0 Å². The van der Waals surface area contributed by atoms with Gasteiger partial charge in [0.25, 0.3) is 5.91 Å². The van der Waals surface area contributed by atoms with Gasteiger partial charge in [-0.05, 0) is 41.8 Å². The molecule has 0 saturated carbocycles. The van der Waals surface area contributed by atoms with Gasteiger partial charge < -0.3 is 14.9 Å². The van der Waals surface area contributed by atoms with Crippen LogP contribution in [0.15, 0.2) is 54.6 Å². The molecule has 0 spiro atoms. The van der Waals surface area contributed by atoms with Crippen molar-refractivity contribution in [1.29, 1.82) is 0 Å². The first kappa shape index (κ1) is 20.4. The number of rotatable bonds is 5. The van der Waals surface area contributed by atoms with E-state index in [1.165, 1.54) is 36.4 Å². The number of fused-ring (bicyclic) bond motifs is 1. The number of anilines is 1. The maximum atomic E-state index is 12.5. The molecule has 0 saturated heterocycles. The molecule has 0 atom stereocenters. The molecule has 0 aromatic heterocycles. The number of aromatic carboxylic acids is 1. The Balaban J connectivity index is 1.96. The van der Waals surface area contributed by atoms with Gasteiger partial charge in [0.2, 0.25) is 0 Å². The van der Waals surface area contributed by atoms with Crippen LogP contribution >= 0.6 is 23.2 Å². The second kappa shape index (κ2) is 8.38. The molecule has 0 unspecified atom stereocenters. The predicted octanol–water partition coefficient (Wildman–Crippen LogP) is 4.93. The summed E-state index contributed by atoms with van der Waals surface area (Å²) in [5.41, 5.74) is 0.0546. The van der Waals surface area contributed by atoms with E-state index < -0.39 is 24.6 Å². The van der Waals surface area contributed by atoms with E-state index in [4.69, 9.17) is 27.9 Å². The number of imide groups is 1. The van der Waals surface area contributed by atoms with Crippen molar-refractivity contribution >= 4 is 57.6 Å². The van der Waals surface area contributed by atoms with Crippen LogP contribution in [0.5, 0.6) is 5.75 Å². The standard InChI is InChI=1S/C20H13Cl2NO6/c21-13-7-11-6-12(19(25)26)8-16(18(11)15(22)9-13)29-10-17(24)23(20(27)28)14-4-2-1-3-5-14/h1-9H,10H2,(H,25,26)(H,27,28). The zero-order valence-electron chi connectivity index (χ0n) is 14.6. The fourth-order valence-corrected chi connectivity index (χ4v) is 3.37. The zero-order valence-corrected chi connectivity index (χ0v) is 16.1. The predicted molar refractivity (Wildman–Crippen MR) is 108 cm³/mol. The second-order valence-electron chi connectivity index (χ2n) is 5.90. The number of hydrogen-bond donors (Lipinski definition) is 2. The van der Waals surface area contributed by atoms with Crippen LogP contribution in [0.2, 0.25) is 10.0 Å². The number of ether oxygens (including phenoxy) is 1. The summed E-state index contributed by atoms with van der Waals surface area (Å²) in [6.45, 7) is -0.654. The number of carbonyl (C=O) groups is 3. The molecule has 29 heavy (non-hydrogen) atoms. The molecule has 3 aromatic carbocycles. The Hall–Kier alpha value is -3.29. The SMILES string of the molecule is O=C(O)c1cc(OCC(=O)N(C(=O)O)c2ccccc2)c2c(Cl)cc(Cl)cc2c1. The van der Waals surface area contributed by atoms with Crippen molar-refractivity contribution in [2.45, 2.75) is 0 Å². The average molecular weight is 434 g/mol. The van der Waals surface area contributed by atoms with Crippen LogP contribution in [0.4, 0.5) is 10.5 Å². The van der Waals surface area contributed by atoms with E-state index in [-0.39, 0.29) is 22.0 Å². The van der Waals surface area contributed by atoms with Gasteiger partial charge in [-0.2, -0.15) is 0 Å². The number of carboxylic acids is 1. The van der Waals surface area contributed by atoms with Gasteiger partial charge in [-0.25, -0.2) is 14.5 Å². The van der Waals surface area contributed by atoms with Gasteiger partial charge in [0.05, 0.1) is 16.3 Å². The average Bonchev–Trinajstić information content (AvgIpc) is 2.66. The third-order valence-corrected chi connectivity index (χ3v) is 4.50. The van der Waals surface area contributed by atoms with Crippen LogP contribution in [-0.2, 0) is 4.79 Å². The summed E-state index contributed by atoms with van der Waals surface area (Å²) in [7, 11) is 0. The van der Waals surface area contributed by atoms with Gasteiger partial charge in [0.15, 0.2) is 6.61 Å². The number of benzene rings is 3. The lowest BCUT2D eigenvalue weighted by molar-refractivity contribution is -0.120. The maximum Gasteiger partial charge on any atom is 0.418 e. The minimum atomic E-state index is -1.47. The minimum absolute atomic E-state index is 0.0216. The molecule has 0 radical (unpaired) electrons. The lowest BCUT2D eigenvalue weighted by atomic mass is 10.1. The lowest BCUT2D eigenvalue weighted by Gasteiger charge is -2.18. The highest BCUT2D eigenvalue weighted by Crippen LogP contribution is 2.36. The summed E-state index contributed by atoms with van der Waals surface area (Å²) >= 11 is 12.2. The second-order valence-corrected chi connectivity index (χ2v) is 6.74. The lowest BCUT2D eigenvalue weighted by Crippen LogP contribution is -2.39. The summed E-state index contributed by atoms with van der Waals surface area (Å²) in [5, 5.41) is 20.0. The monoisotopic (exact) mass is 433 g/mol. The van der Waals surface area contributed by atoms with Crippen molar-refractivity contribution in [2.24, 2.45) is 0 Å². The largest absolute Gasteiger partial charge is 0.483 e. The van der Waals surface area contributed by atoms with E-state index in [0.29, 0.717) is 20.7 Å². The number of amides is 2. The molecule has 3 rings (SSSR count). The molecular formula is C20H13Cl2NO6. The van der Waals surface area contributed by atoms with Crippen molar-refractivity contribution < 1.29 is 29.3 Å². The van der Waals surface area contributed by atoms with Gasteiger partial charge in [-0.15, -0.1) is 0 Å². The number of carbonyl (C=O) groups excluding carboxylic acids is 1. The normalized spacial score (nSPS) is 10.6. The van der Waals surface area contributed by atoms with Crippen LogP contribution in [0.3, 0.4) is 0 Å². The summed E-state index contributed by atoms with van der Waals surface area (Å²) in [4.78, 5) is 36.0. The summed E-state index contributed by atoms with van der Waals surface area (Å²) in [6, 6.07) is 13.3. The molecule has 0 heterocycles. The molecule has 0 aliphatic rings. The smallest absolute Gasteiger partial charge is 0.418 e. The number of para-hydroxylation sites is 1. The fraction of sp³-hybridized carbons (Fsp3) is 0.0500. The van der Waals surface area contributed by atoms with E-state index in [2.05, 4.69) is 0 Å². The molecule has 2 N–H and O–H groups in total. The third-order valence-electron chi connectivity index (χ3n) is 3.98. The molecule has 2 amide bonds. The van der Waals surface area contributed by atoms with Crippen LogP contribution in [0.1, 0.15) is 10.4 Å². The summed E-state index contributed by atoms with van der Waals surface area (Å²) in [6.07, 6.45) is -1.47. The first-order valence-electron chi connectivity index (χ1n) is 8.17. The molecule has 7 nitrogen and oxygen atoms in total. The van der Waals surface area contributed by atoms with Crippen LogP contribution < -0.4 is 9.64 Å². The minimum Gasteiger partial charge on any atom is -0.483 e. The molecular weight excluding hydrogens is 421 g/mol. The number of halogens is 2. The van der Waals surface area contributed by atoms with Crippen molar-refractivity contribution in [3.8, 4) is 5.75 Å². The van der Waals surface area contributed by atoms with Crippen LogP contribution in [0.25, 0.3) is 10.8 Å². The van der Waals surface area contributed by atoms with E-state index in [9.17, 15) is 24.6 Å². The van der Waals surface area contributed by atoms with Gasteiger partial charge in [0, 0.05) is 10.4 Å². The van der Waals surface area contributed by atoms with Crippen molar-refractivity contribution in [1.82, 2.24) is 0 Å². The number of nitrogens with zero attached hydrogens (tertiary/aromatic N) is 1. The third kappa shape index (κ3) is 4.42. The number of hydrogen-bond acceptors (Lipinski definition) is 4. The molecule has 0 fully saturated rings. The highest BCUT2D eigenvalue weighted by atomic mass is 35.5. The Morgan fingerprint density at radius 3 is 2.28 bits per heavy atom. The highest BCUT2D eigenvalue weighted by Gasteiger charge is 2.24. The van der Waals surface area contributed by atoms with E-state index in [1.54, 1.807) is 18.2 Å². The van der Waals surface area contributed by atoms with Gasteiger partial charge >= 0.3 is 12.1 Å². The zero-order chi connectivity index (χ0) is 21.1. The Morgan fingerprint density at radius 1 is 0.966 bits per heavy atom. The highest BCUT2D eigenvalue weighted by molar-refractivity contribution is 6.39. The van der Waals surface area contributed by atoms with Gasteiger partial charge in [-0.1, -0.05) is 41.4 Å². The molecule has 3 aromatic rings. The molecule has 0 aliphatic carbocycles. The van der Waals surface area contributed by atoms with E-state index >= 15 is 0 Å². The Labute approximate surface area is 174 Å². The van der Waals surface area contributed by atoms with Gasteiger partial charge in [-0.3, -0.25) is 4.79 Å². The summed E-state index contributed by atoms with van der Waals surface area (Å²) in [5.74, 6) is -2.05. The van der Waals surface area contributed by atoms with Crippen molar-refractivity contribution in [3.63, 3.8) is 0 Å². The summed E-state index contributed by atoms with van der Waals surface area (Å²) < 4.78 is 5.50. The molecule has 9 heteroatoms. The maximum absolute atomic E-state index is 12.5. The molecule has 0 aliphatic heterocycles. The van der Waals surface area contributed by atoms with Crippen molar-refractivity contribution in [3.05, 3.63) is 70.2 Å². The Kier molecular flexibility index (Phi) is 5.91. The quantitative estimate of drug-likeness (QED) is 0.590. The van der Waals surface area contributed by atoms with Crippen molar-refractivity contribution in [2.75, 3.05) is 11.5 Å². The van der Waals surface area contributed by atoms with Crippen LogP contribution in [-0.4, -0.2) is 34.8 Å². The molecule has 148 valence electrons. The van der Waals surface area contributed by atoms with Gasteiger partial charge in [0.1, 0.15) is 5.75 Å².